The van der Waals surface area contributed by atoms with Crippen LogP contribution < -0.4 is 5.32 Å². The van der Waals surface area contributed by atoms with Crippen molar-refractivity contribution in [1.82, 2.24) is 5.32 Å². The summed E-state index contributed by atoms with van der Waals surface area (Å²) in [6, 6.07) is -1.06. The average molecular weight is 498 g/mol. The lowest BCUT2D eigenvalue weighted by Crippen LogP contribution is -2.48. The molecule has 8 heteroatoms. The Bertz CT molecular complexity index is 598. The lowest BCUT2D eigenvalue weighted by atomic mass is 9.86. The zero-order valence-corrected chi connectivity index (χ0v) is 21.8. The van der Waals surface area contributed by atoms with Gasteiger partial charge in [-0.1, -0.05) is 90.9 Å². The summed E-state index contributed by atoms with van der Waals surface area (Å²) in [5.74, 6) is -0.956. The second-order valence-electron chi connectivity index (χ2n) is 9.61. The van der Waals surface area contributed by atoms with Crippen molar-refractivity contribution < 1.29 is 33.4 Å². The third-order valence-electron chi connectivity index (χ3n) is 6.68. The van der Waals surface area contributed by atoms with Crippen molar-refractivity contribution in [2.75, 3.05) is 6.61 Å². The molecule has 1 rings (SSSR count). The minimum Gasteiger partial charge on any atom is -0.465 e. The van der Waals surface area contributed by atoms with Crippen LogP contribution in [0.1, 0.15) is 117 Å². The lowest BCUT2D eigenvalue weighted by molar-refractivity contribution is -0.190. The molecule has 202 valence electrons. The highest BCUT2D eigenvalue weighted by Crippen LogP contribution is 2.32. The van der Waals surface area contributed by atoms with Crippen molar-refractivity contribution in [3.05, 3.63) is 0 Å². The van der Waals surface area contributed by atoms with Gasteiger partial charge in [-0.3, -0.25) is 14.4 Å². The van der Waals surface area contributed by atoms with Gasteiger partial charge in [0.2, 0.25) is 6.41 Å². The van der Waals surface area contributed by atoms with Crippen LogP contribution in [0.25, 0.3) is 0 Å². The Hall–Kier alpha value is -2.12. The Morgan fingerprint density at radius 1 is 0.943 bits per heavy atom. The number of carbonyl (C=O) groups is 4. The topological polar surface area (TPSA) is 108 Å². The second-order valence-corrected chi connectivity index (χ2v) is 9.61. The fraction of sp³-hybridized carbons (Fsp3) is 0.852. The smallest absolute Gasteiger partial charge is 0.332 e. The fourth-order valence-electron chi connectivity index (χ4n) is 4.52. The number of esters is 2. The fourth-order valence-corrected chi connectivity index (χ4v) is 4.52. The van der Waals surface area contributed by atoms with Crippen molar-refractivity contribution >= 4 is 24.8 Å². The largest absolute Gasteiger partial charge is 0.465 e. The number of rotatable bonds is 24. The van der Waals surface area contributed by atoms with Crippen molar-refractivity contribution in [2.24, 2.45) is 5.92 Å². The van der Waals surface area contributed by atoms with Gasteiger partial charge in [0, 0.05) is 6.42 Å². The Labute approximate surface area is 211 Å². The number of carbonyl (C=O) groups excluding carboxylic acids is 4. The molecule has 0 aromatic carbocycles. The standard InChI is InChI=1S/C27H47NO7/c1-3-5-7-9-10-11-12-13-14-16-22(34-27(32)24(28-20-29)19-33-21-30)18-25-23(26(31)35-25)17-15-8-6-4-2/h20-25H,3-19H2,1-2H3,(H,28,29)/t22-,23-,24-,25-/m0/s1. The van der Waals surface area contributed by atoms with Gasteiger partial charge in [-0.2, -0.15) is 0 Å². The third kappa shape index (κ3) is 13.5. The van der Waals surface area contributed by atoms with Crippen molar-refractivity contribution in [2.45, 2.75) is 135 Å². The molecule has 0 aromatic heterocycles. The lowest BCUT2D eigenvalue weighted by Gasteiger charge is -2.37. The van der Waals surface area contributed by atoms with E-state index in [2.05, 4.69) is 23.9 Å². The second kappa shape index (κ2) is 20.1. The number of hydrogen-bond acceptors (Lipinski definition) is 7. The summed E-state index contributed by atoms with van der Waals surface area (Å²) in [4.78, 5) is 46.0. The van der Waals surface area contributed by atoms with Gasteiger partial charge in [-0.15, -0.1) is 0 Å². The van der Waals surface area contributed by atoms with Gasteiger partial charge in [0.15, 0.2) is 6.04 Å². The molecule has 1 N–H and O–H groups in total. The quantitative estimate of drug-likeness (QED) is 0.0864. The summed E-state index contributed by atoms with van der Waals surface area (Å²) in [7, 11) is 0. The van der Waals surface area contributed by atoms with Crippen LogP contribution >= 0.6 is 0 Å². The predicted molar refractivity (Wildman–Crippen MR) is 133 cm³/mol. The molecule has 35 heavy (non-hydrogen) atoms. The molecule has 0 aliphatic carbocycles. The molecule has 8 nitrogen and oxygen atoms in total. The average Bonchev–Trinajstić information content (AvgIpc) is 2.84. The maximum Gasteiger partial charge on any atom is 0.332 e. The number of nitrogens with one attached hydrogen (secondary N) is 1. The molecule has 1 aliphatic rings. The Kier molecular flexibility index (Phi) is 17.8. The molecule has 0 aromatic rings. The minimum absolute atomic E-state index is 0.140. The van der Waals surface area contributed by atoms with Crippen LogP contribution in [0.15, 0.2) is 0 Å². The Balaban J connectivity index is 2.57. The maximum absolute atomic E-state index is 12.6. The first-order valence-electron chi connectivity index (χ1n) is 13.7. The first kappa shape index (κ1) is 30.9. The molecule has 1 heterocycles. The highest BCUT2D eigenvalue weighted by molar-refractivity contribution is 5.79. The van der Waals surface area contributed by atoms with E-state index in [0.29, 0.717) is 19.3 Å². The molecule has 0 bridgehead atoms. The van der Waals surface area contributed by atoms with E-state index in [1.54, 1.807) is 0 Å². The van der Waals surface area contributed by atoms with Crippen LogP contribution in [0, 0.1) is 5.92 Å². The van der Waals surface area contributed by atoms with E-state index in [4.69, 9.17) is 9.47 Å². The van der Waals surface area contributed by atoms with E-state index in [1.165, 1.54) is 38.5 Å². The molecule has 0 unspecified atom stereocenters. The van der Waals surface area contributed by atoms with E-state index < -0.39 is 18.1 Å². The molecule has 0 saturated carbocycles. The van der Waals surface area contributed by atoms with Crippen molar-refractivity contribution in [1.29, 1.82) is 0 Å². The summed E-state index contributed by atoms with van der Waals surface area (Å²) in [6.45, 7) is 4.31. The third-order valence-corrected chi connectivity index (χ3v) is 6.68. The van der Waals surface area contributed by atoms with Gasteiger partial charge in [0.1, 0.15) is 18.8 Å². The summed E-state index contributed by atoms with van der Waals surface area (Å²) >= 11 is 0. The SMILES string of the molecule is CCCCCCCCCCC[C@@H](C[C@@H]1OC(=O)[C@H]1CCCCCC)OC(=O)[C@H](COC=O)NC=O. The first-order valence-corrected chi connectivity index (χ1v) is 13.7. The summed E-state index contributed by atoms with van der Waals surface area (Å²) in [6.07, 6.45) is 16.7. The zero-order valence-electron chi connectivity index (χ0n) is 21.8. The first-order chi connectivity index (χ1) is 17.1. The van der Waals surface area contributed by atoms with Crippen LogP contribution in [0.4, 0.5) is 0 Å². The van der Waals surface area contributed by atoms with Crippen LogP contribution in [-0.4, -0.2) is 49.7 Å². The number of ether oxygens (including phenoxy) is 3. The molecule has 0 spiro atoms. The van der Waals surface area contributed by atoms with Crippen LogP contribution in [0.5, 0.6) is 0 Å². The normalized spacial score (nSPS) is 18.6. The van der Waals surface area contributed by atoms with Gasteiger partial charge in [-0.25, -0.2) is 4.79 Å². The van der Waals surface area contributed by atoms with Gasteiger partial charge in [0.05, 0.1) is 5.92 Å². The molecule has 1 saturated heterocycles. The van der Waals surface area contributed by atoms with E-state index in [9.17, 15) is 19.2 Å². The van der Waals surface area contributed by atoms with Gasteiger partial charge >= 0.3 is 11.9 Å². The molecule has 4 atom stereocenters. The van der Waals surface area contributed by atoms with Crippen molar-refractivity contribution in [3.8, 4) is 0 Å². The van der Waals surface area contributed by atoms with Gasteiger partial charge in [-0.05, 0) is 19.3 Å². The Morgan fingerprint density at radius 3 is 2.11 bits per heavy atom. The number of cyclic esters (lactones) is 1. The van der Waals surface area contributed by atoms with Gasteiger partial charge in [0.25, 0.3) is 6.47 Å². The van der Waals surface area contributed by atoms with E-state index in [0.717, 1.165) is 51.4 Å². The minimum atomic E-state index is -1.06. The van der Waals surface area contributed by atoms with E-state index in [1.807, 2.05) is 0 Å². The molecular formula is C27H47NO7. The molecule has 1 aliphatic heterocycles. The monoisotopic (exact) mass is 497 g/mol. The number of unbranched alkanes of at least 4 members (excludes halogenated alkanes) is 11. The number of hydrogen-bond donors (Lipinski definition) is 1. The Morgan fingerprint density at radius 2 is 1.54 bits per heavy atom. The zero-order chi connectivity index (χ0) is 25.7. The summed E-state index contributed by atoms with van der Waals surface area (Å²) in [5.41, 5.74) is 0. The molecular weight excluding hydrogens is 450 g/mol. The summed E-state index contributed by atoms with van der Waals surface area (Å²) in [5, 5.41) is 2.34. The van der Waals surface area contributed by atoms with Gasteiger partial charge < -0.3 is 19.5 Å². The van der Waals surface area contributed by atoms with Crippen LogP contribution in [-0.2, 0) is 33.4 Å². The van der Waals surface area contributed by atoms with Crippen LogP contribution in [0.3, 0.4) is 0 Å². The maximum atomic E-state index is 12.6. The highest BCUT2D eigenvalue weighted by Gasteiger charge is 2.43. The predicted octanol–water partition coefficient (Wildman–Crippen LogP) is 5.01. The van der Waals surface area contributed by atoms with Crippen molar-refractivity contribution in [3.63, 3.8) is 0 Å². The highest BCUT2D eigenvalue weighted by atomic mass is 16.6. The van der Waals surface area contributed by atoms with E-state index in [-0.39, 0.29) is 31.1 Å². The molecule has 1 amide bonds. The molecule has 1 fully saturated rings. The number of amides is 1. The molecule has 0 radical (unpaired) electrons. The van der Waals surface area contributed by atoms with E-state index >= 15 is 0 Å². The summed E-state index contributed by atoms with van der Waals surface area (Å²) < 4.78 is 15.8. The van der Waals surface area contributed by atoms with Crippen LogP contribution in [0.2, 0.25) is 0 Å².